The molecule has 0 saturated heterocycles. The second kappa shape index (κ2) is 9.96. The average Bonchev–Trinajstić information content (AvgIpc) is 3.07. The summed E-state index contributed by atoms with van der Waals surface area (Å²) in [7, 11) is -3.30. The molecule has 0 fully saturated rings. The van der Waals surface area contributed by atoms with Gasteiger partial charge in [0.05, 0.1) is 17.4 Å². The molecule has 0 bridgehead atoms. The molecule has 0 saturated carbocycles. The van der Waals surface area contributed by atoms with Gasteiger partial charge in [0.25, 0.3) is 5.91 Å². The highest BCUT2D eigenvalue weighted by Gasteiger charge is 2.30. The van der Waals surface area contributed by atoms with Crippen molar-refractivity contribution in [1.29, 1.82) is 0 Å². The van der Waals surface area contributed by atoms with Crippen molar-refractivity contribution in [2.45, 2.75) is 38.9 Å². The van der Waals surface area contributed by atoms with E-state index in [-0.39, 0.29) is 12.2 Å². The Kier molecular flexibility index (Phi) is 7.48. The number of anilines is 1. The molecular weight excluding hydrogens is 455 g/mol. The molecule has 10 heteroatoms. The number of sulfonamides is 1. The molecule has 6 nitrogen and oxygen atoms in total. The first-order valence-electron chi connectivity index (χ1n) is 10.4. The molecule has 1 aromatic heterocycles. The van der Waals surface area contributed by atoms with E-state index < -0.39 is 27.7 Å². The number of aromatic nitrogens is 1. The maximum absolute atomic E-state index is 13.0. The molecule has 0 atom stereocenters. The second-order valence-corrected chi connectivity index (χ2v) is 9.72. The van der Waals surface area contributed by atoms with Gasteiger partial charge < -0.3 is 9.88 Å². The standard InChI is InChI=1S/C23H26F3N3O3S/c1-16-20(22(30)28-19-11-6-10-18(14-19)23(24,25)26)15-21(17-8-4-3-5-9-17)29(16)13-7-12-27-33(2,31)32/h3-4,6,8,10-11,14-15,27H,5,7,9,12-13H2,1-2H3,(H,28,30). The molecule has 33 heavy (non-hydrogen) atoms. The summed E-state index contributed by atoms with van der Waals surface area (Å²) in [6, 6.07) is 6.24. The van der Waals surface area contributed by atoms with Gasteiger partial charge in [-0.3, -0.25) is 4.79 Å². The second-order valence-electron chi connectivity index (χ2n) is 7.89. The minimum Gasteiger partial charge on any atom is -0.344 e. The summed E-state index contributed by atoms with van der Waals surface area (Å²) in [5, 5.41) is 2.56. The molecule has 2 aromatic rings. The van der Waals surface area contributed by atoms with Crippen LogP contribution < -0.4 is 10.0 Å². The summed E-state index contributed by atoms with van der Waals surface area (Å²) in [5.74, 6) is -0.506. The molecule has 1 aromatic carbocycles. The van der Waals surface area contributed by atoms with Gasteiger partial charge in [-0.2, -0.15) is 13.2 Å². The lowest BCUT2D eigenvalue weighted by atomic mass is 10.0. The average molecular weight is 482 g/mol. The predicted octanol–water partition coefficient (Wildman–Crippen LogP) is 4.74. The van der Waals surface area contributed by atoms with Crippen LogP contribution in [0.15, 0.2) is 48.6 Å². The third-order valence-electron chi connectivity index (χ3n) is 5.32. The van der Waals surface area contributed by atoms with Crippen molar-refractivity contribution in [2.24, 2.45) is 0 Å². The van der Waals surface area contributed by atoms with E-state index >= 15 is 0 Å². The fourth-order valence-corrected chi connectivity index (χ4v) is 4.23. The zero-order chi connectivity index (χ0) is 24.2. The molecule has 178 valence electrons. The Morgan fingerprint density at radius 2 is 1.97 bits per heavy atom. The largest absolute Gasteiger partial charge is 0.416 e. The minimum absolute atomic E-state index is 0.0562. The number of rotatable bonds is 8. The number of carbonyl (C=O) groups is 1. The lowest BCUT2D eigenvalue weighted by Gasteiger charge is -2.15. The summed E-state index contributed by atoms with van der Waals surface area (Å²) < 4.78 is 66.1. The monoisotopic (exact) mass is 481 g/mol. The first-order chi connectivity index (χ1) is 15.5. The van der Waals surface area contributed by atoms with Crippen LogP contribution in [-0.4, -0.2) is 31.7 Å². The van der Waals surface area contributed by atoms with Gasteiger partial charge in [0.2, 0.25) is 10.0 Å². The van der Waals surface area contributed by atoms with Crippen LogP contribution >= 0.6 is 0 Å². The third-order valence-corrected chi connectivity index (χ3v) is 6.05. The summed E-state index contributed by atoms with van der Waals surface area (Å²) in [6.45, 7) is 2.50. The Balaban J connectivity index is 1.87. The summed E-state index contributed by atoms with van der Waals surface area (Å²) in [6.07, 6.45) is 4.70. The van der Waals surface area contributed by atoms with Crippen molar-refractivity contribution < 1.29 is 26.4 Å². The number of nitrogens with zero attached hydrogens (tertiary/aromatic N) is 1. The lowest BCUT2D eigenvalue weighted by molar-refractivity contribution is -0.137. The van der Waals surface area contributed by atoms with Gasteiger partial charge in [-0.1, -0.05) is 24.3 Å². The lowest BCUT2D eigenvalue weighted by Crippen LogP contribution is -2.24. The van der Waals surface area contributed by atoms with Crippen molar-refractivity contribution in [3.05, 3.63) is 71.1 Å². The number of amides is 1. The van der Waals surface area contributed by atoms with E-state index in [1.165, 1.54) is 12.1 Å². The smallest absolute Gasteiger partial charge is 0.344 e. The van der Waals surface area contributed by atoms with E-state index in [0.717, 1.165) is 42.5 Å². The molecule has 1 heterocycles. The molecular formula is C23H26F3N3O3S. The van der Waals surface area contributed by atoms with Crippen molar-refractivity contribution in [2.75, 3.05) is 18.1 Å². The van der Waals surface area contributed by atoms with E-state index in [1.807, 2.05) is 22.8 Å². The number of halogens is 3. The maximum Gasteiger partial charge on any atom is 0.416 e. The van der Waals surface area contributed by atoms with E-state index in [4.69, 9.17) is 0 Å². The van der Waals surface area contributed by atoms with E-state index in [9.17, 15) is 26.4 Å². The predicted molar refractivity (Wildman–Crippen MR) is 122 cm³/mol. The van der Waals surface area contributed by atoms with Crippen LogP contribution in [0, 0.1) is 6.92 Å². The normalized spacial score (nSPS) is 14.3. The minimum atomic E-state index is -4.51. The Morgan fingerprint density at radius 3 is 2.61 bits per heavy atom. The van der Waals surface area contributed by atoms with E-state index in [1.54, 1.807) is 13.0 Å². The van der Waals surface area contributed by atoms with Crippen LogP contribution in [0.3, 0.4) is 0 Å². The fraction of sp³-hybridized carbons (Fsp3) is 0.348. The van der Waals surface area contributed by atoms with Crippen LogP contribution in [0.5, 0.6) is 0 Å². The van der Waals surface area contributed by atoms with Crippen molar-refractivity contribution >= 4 is 27.2 Å². The van der Waals surface area contributed by atoms with Gasteiger partial charge in [0.15, 0.2) is 0 Å². The van der Waals surface area contributed by atoms with Crippen molar-refractivity contribution in [3.63, 3.8) is 0 Å². The molecule has 2 N–H and O–H groups in total. The highest BCUT2D eigenvalue weighted by atomic mass is 32.2. The van der Waals surface area contributed by atoms with Gasteiger partial charge in [0, 0.05) is 30.2 Å². The number of allylic oxidation sites excluding steroid dienone is 4. The number of hydrogen-bond acceptors (Lipinski definition) is 3. The molecule has 0 radical (unpaired) electrons. The third kappa shape index (κ3) is 6.58. The fourth-order valence-electron chi connectivity index (χ4n) is 3.71. The van der Waals surface area contributed by atoms with Crippen molar-refractivity contribution in [1.82, 2.24) is 9.29 Å². The van der Waals surface area contributed by atoms with E-state index in [2.05, 4.69) is 10.0 Å². The quantitative estimate of drug-likeness (QED) is 0.535. The van der Waals surface area contributed by atoms with Gasteiger partial charge in [-0.05, 0) is 56.0 Å². The Hall–Kier alpha value is -2.85. The Bertz CT molecular complexity index is 1200. The topological polar surface area (TPSA) is 80.2 Å². The van der Waals surface area contributed by atoms with E-state index in [0.29, 0.717) is 24.2 Å². The van der Waals surface area contributed by atoms with Crippen molar-refractivity contribution in [3.8, 4) is 0 Å². The van der Waals surface area contributed by atoms with Gasteiger partial charge in [-0.25, -0.2) is 13.1 Å². The molecule has 1 aliphatic rings. The Morgan fingerprint density at radius 1 is 1.21 bits per heavy atom. The molecule has 1 aliphatic carbocycles. The number of alkyl halides is 3. The summed E-state index contributed by atoms with van der Waals surface area (Å²) in [4.78, 5) is 13.0. The number of benzene rings is 1. The van der Waals surface area contributed by atoms with Crippen LogP contribution in [0.1, 0.15) is 46.6 Å². The number of carbonyl (C=O) groups excluding carboxylic acids is 1. The zero-order valence-corrected chi connectivity index (χ0v) is 19.2. The molecule has 3 rings (SSSR count). The van der Waals surface area contributed by atoms with Crippen LogP contribution in [0.25, 0.3) is 5.57 Å². The molecule has 0 aliphatic heterocycles. The van der Waals surface area contributed by atoms with Gasteiger partial charge in [-0.15, -0.1) is 0 Å². The summed E-state index contributed by atoms with van der Waals surface area (Å²) >= 11 is 0. The van der Waals surface area contributed by atoms with Gasteiger partial charge in [0.1, 0.15) is 0 Å². The van der Waals surface area contributed by atoms with Crippen LogP contribution in [-0.2, 0) is 22.7 Å². The first kappa shape index (κ1) is 24.8. The molecule has 1 amide bonds. The zero-order valence-electron chi connectivity index (χ0n) is 18.4. The SMILES string of the molecule is Cc1c(C(=O)Nc2cccc(C(F)(F)F)c2)cc(C2=CC=CCC2)n1CCCNS(C)(=O)=O. The summed E-state index contributed by atoms with van der Waals surface area (Å²) in [5.41, 5.74) is 2.10. The Labute approximate surface area is 191 Å². The highest BCUT2D eigenvalue weighted by molar-refractivity contribution is 7.88. The first-order valence-corrected chi connectivity index (χ1v) is 12.3. The maximum atomic E-state index is 13.0. The number of nitrogens with one attached hydrogen (secondary N) is 2. The molecule has 0 spiro atoms. The molecule has 0 unspecified atom stereocenters. The van der Waals surface area contributed by atoms with Crippen LogP contribution in [0.4, 0.5) is 18.9 Å². The highest BCUT2D eigenvalue weighted by Crippen LogP contribution is 2.32. The van der Waals surface area contributed by atoms with Crippen LogP contribution in [0.2, 0.25) is 0 Å². The number of hydrogen-bond donors (Lipinski definition) is 2. The van der Waals surface area contributed by atoms with Gasteiger partial charge >= 0.3 is 6.18 Å².